The van der Waals surface area contributed by atoms with E-state index in [1.807, 2.05) is 6.07 Å². The summed E-state index contributed by atoms with van der Waals surface area (Å²) >= 11 is 0. The van der Waals surface area contributed by atoms with Gasteiger partial charge in [0.15, 0.2) is 18.0 Å². The van der Waals surface area contributed by atoms with Crippen molar-refractivity contribution < 1.29 is 51.7 Å². The molecule has 3 N–H and O–H groups in total. The van der Waals surface area contributed by atoms with Crippen molar-refractivity contribution in [3.63, 3.8) is 0 Å². The van der Waals surface area contributed by atoms with Crippen molar-refractivity contribution in [2.24, 2.45) is 0 Å². The first-order valence-corrected chi connectivity index (χ1v) is 16.7. The van der Waals surface area contributed by atoms with Gasteiger partial charge in [0.05, 0.1) is 18.9 Å². The van der Waals surface area contributed by atoms with Gasteiger partial charge in [0.25, 0.3) is 0 Å². The van der Waals surface area contributed by atoms with Crippen LogP contribution in [-0.2, 0) is 47.2 Å². The van der Waals surface area contributed by atoms with E-state index in [1.165, 1.54) is 36.8 Å². The Morgan fingerprint density at radius 3 is 2.52 bits per heavy atom. The number of nitrogen functional groups attached to an aromatic ring is 1. The molecule has 18 heteroatoms. The lowest BCUT2D eigenvalue weighted by molar-refractivity contribution is -0.177. The lowest BCUT2D eigenvalue weighted by atomic mass is 10.0. The summed E-state index contributed by atoms with van der Waals surface area (Å²) in [7, 11) is -4.66. The van der Waals surface area contributed by atoms with Crippen LogP contribution in [0, 0.1) is 11.3 Å². The smallest absolute Gasteiger partial charge is 0.456 e. The number of hydrogen-bond acceptors (Lipinski definition) is 15. The predicted molar refractivity (Wildman–Crippen MR) is 162 cm³/mol. The molecule has 4 heterocycles. The molecule has 1 aliphatic carbocycles. The molecule has 0 bridgehead atoms. The van der Waals surface area contributed by atoms with Crippen molar-refractivity contribution in [3.05, 3.63) is 54.5 Å². The molecule has 1 saturated carbocycles. The Hall–Kier alpha value is -4.59. The highest BCUT2D eigenvalue weighted by Gasteiger charge is 2.95. The molecule has 254 valence electrons. The summed E-state index contributed by atoms with van der Waals surface area (Å²) in [6.45, 7) is 4.90. The van der Waals surface area contributed by atoms with Gasteiger partial charge >= 0.3 is 25.7 Å². The third kappa shape index (κ3) is 5.65. The SMILES string of the molecule is CCC(=O)O[C@H]1[C@H](c2ccc3c(N)ncnn23)O[C@]2(C#N)C(O[P@@](=O)(N[C@@H](C)C(=O)OC3COC3)Oc3ccccc3)[C@]12OC(=O)CC. The summed E-state index contributed by atoms with van der Waals surface area (Å²) in [5.74, 6) is -2.04. The molecule has 48 heavy (non-hydrogen) atoms. The van der Waals surface area contributed by atoms with Gasteiger partial charge in [-0.1, -0.05) is 32.0 Å². The van der Waals surface area contributed by atoms with Crippen molar-refractivity contribution >= 4 is 37.0 Å². The Balaban J connectivity index is 1.40. The number of carbonyl (C=O) groups is 3. The zero-order valence-electron chi connectivity index (χ0n) is 26.1. The topological polar surface area (TPSA) is 225 Å². The Bertz CT molecular complexity index is 1810. The predicted octanol–water partition coefficient (Wildman–Crippen LogP) is 2.16. The number of rotatable bonds is 13. The van der Waals surface area contributed by atoms with Crippen LogP contribution >= 0.6 is 7.75 Å². The largest absolute Gasteiger partial charge is 0.460 e. The van der Waals surface area contributed by atoms with E-state index < -0.39 is 67.3 Å². The number of nitrogens with two attached hydrogens (primary N) is 1. The molecule has 17 nitrogen and oxygen atoms in total. The van der Waals surface area contributed by atoms with Gasteiger partial charge in [-0.05, 0) is 31.2 Å². The number of ether oxygens (including phenoxy) is 5. The van der Waals surface area contributed by atoms with Gasteiger partial charge in [0, 0.05) is 12.8 Å². The Morgan fingerprint density at radius 1 is 1.15 bits per heavy atom. The van der Waals surface area contributed by atoms with Crippen LogP contribution in [0.1, 0.15) is 45.4 Å². The van der Waals surface area contributed by atoms with Crippen LogP contribution in [0.25, 0.3) is 5.52 Å². The first kappa shape index (κ1) is 33.3. The summed E-state index contributed by atoms with van der Waals surface area (Å²) < 4.78 is 56.3. The number of fused-ring (bicyclic) bond motifs is 2. The van der Waals surface area contributed by atoms with Crippen LogP contribution in [-0.4, -0.2) is 81.3 Å². The number of esters is 3. The number of nitrogens with one attached hydrogen (secondary N) is 1. The van der Waals surface area contributed by atoms with E-state index in [2.05, 4.69) is 15.2 Å². The highest BCUT2D eigenvalue weighted by atomic mass is 31.2. The van der Waals surface area contributed by atoms with Gasteiger partial charge in [-0.2, -0.15) is 15.4 Å². The third-order valence-corrected chi connectivity index (χ3v) is 9.81. The lowest BCUT2D eigenvalue weighted by Gasteiger charge is -2.30. The highest BCUT2D eigenvalue weighted by Crippen LogP contribution is 2.70. The van der Waals surface area contributed by atoms with Crippen molar-refractivity contribution in [2.45, 2.75) is 75.3 Å². The molecule has 0 spiro atoms. The number of nitriles is 1. The quantitative estimate of drug-likeness (QED) is 0.149. The molecule has 2 aromatic heterocycles. The first-order valence-electron chi connectivity index (χ1n) is 15.2. The molecule has 1 aromatic carbocycles. The Kier molecular flexibility index (Phi) is 8.88. The third-order valence-electron chi connectivity index (χ3n) is 8.16. The number of aromatic nitrogens is 3. The minimum atomic E-state index is -4.66. The van der Waals surface area contributed by atoms with Crippen molar-refractivity contribution in [2.75, 3.05) is 18.9 Å². The van der Waals surface area contributed by atoms with E-state index in [0.29, 0.717) is 11.2 Å². The van der Waals surface area contributed by atoms with Crippen LogP contribution in [0.15, 0.2) is 48.8 Å². The molecule has 1 unspecified atom stereocenters. The number of anilines is 1. The lowest BCUT2D eigenvalue weighted by Crippen LogP contribution is -2.44. The fourth-order valence-electron chi connectivity index (χ4n) is 5.64. The fourth-order valence-corrected chi connectivity index (χ4v) is 7.36. The van der Waals surface area contributed by atoms with Gasteiger partial charge in [0.2, 0.25) is 11.2 Å². The van der Waals surface area contributed by atoms with Crippen molar-refractivity contribution in [3.8, 4) is 11.8 Å². The zero-order chi connectivity index (χ0) is 34.3. The maximum atomic E-state index is 14.6. The molecule has 2 aliphatic heterocycles. The standard InChI is InChI=1S/C30H33N6O11P/c1-4-22(37)43-25-24(20-11-12-21-26(32)33-16-34-36(20)21)45-29(15-31)28(30(25,29)44-23(38)5-2)47-48(40,46-18-9-7-6-8-10-18)35-17(3)27(39)42-19-13-41-14-19/h6-12,16-17,19,24-25,28H,4-5,13-14H2,1-3H3,(H,35,40)(H2,32,33,34)/t17-,24-,25-,28?,29+,30+,48+/m0/s1. The maximum absolute atomic E-state index is 14.6. The van der Waals surface area contributed by atoms with Crippen molar-refractivity contribution in [1.82, 2.24) is 19.7 Å². The van der Waals surface area contributed by atoms with Crippen LogP contribution in [0.2, 0.25) is 0 Å². The summed E-state index contributed by atoms with van der Waals surface area (Å²) in [6, 6.07) is 11.9. The molecule has 2 saturated heterocycles. The second kappa shape index (κ2) is 12.8. The molecule has 7 atom stereocenters. The summed E-state index contributed by atoms with van der Waals surface area (Å²) in [6.07, 6.45) is -3.89. The molecular formula is C30H33N6O11P. The van der Waals surface area contributed by atoms with E-state index in [1.54, 1.807) is 37.3 Å². The number of carbonyl (C=O) groups excluding carboxylic acids is 3. The van der Waals surface area contributed by atoms with Gasteiger partial charge in [-0.15, -0.1) is 0 Å². The average Bonchev–Trinajstić information content (AvgIpc) is 3.30. The normalized spacial score (nSPS) is 27.8. The summed E-state index contributed by atoms with van der Waals surface area (Å²) in [5.41, 5.74) is 2.40. The molecular weight excluding hydrogens is 651 g/mol. The van der Waals surface area contributed by atoms with E-state index in [0.717, 1.165) is 0 Å². The number of nitrogens with zero attached hydrogens (tertiary/aromatic N) is 4. The molecule has 6 rings (SSSR count). The maximum Gasteiger partial charge on any atom is 0.460 e. The van der Waals surface area contributed by atoms with Crippen LogP contribution in [0.3, 0.4) is 0 Å². The minimum Gasteiger partial charge on any atom is -0.456 e. The van der Waals surface area contributed by atoms with Gasteiger partial charge in [0.1, 0.15) is 41.9 Å². The second-order valence-corrected chi connectivity index (χ2v) is 13.0. The minimum absolute atomic E-state index is 0.0844. The average molecular weight is 685 g/mol. The highest BCUT2D eigenvalue weighted by molar-refractivity contribution is 7.52. The monoisotopic (exact) mass is 684 g/mol. The molecule has 3 fully saturated rings. The number of benzene rings is 1. The van der Waals surface area contributed by atoms with Crippen LogP contribution in [0.4, 0.5) is 5.82 Å². The second-order valence-electron chi connectivity index (χ2n) is 11.3. The van der Waals surface area contributed by atoms with Crippen LogP contribution in [0.5, 0.6) is 5.75 Å². The van der Waals surface area contributed by atoms with Crippen molar-refractivity contribution in [1.29, 1.82) is 5.26 Å². The van der Waals surface area contributed by atoms with Crippen LogP contribution < -0.4 is 15.3 Å². The summed E-state index contributed by atoms with van der Waals surface area (Å²) in [4.78, 5) is 42.7. The number of para-hydroxylation sites is 1. The molecule has 3 aromatic rings. The summed E-state index contributed by atoms with van der Waals surface area (Å²) in [5, 5.41) is 17.5. The van der Waals surface area contributed by atoms with Gasteiger partial charge in [-0.3, -0.25) is 18.9 Å². The Morgan fingerprint density at radius 2 is 1.88 bits per heavy atom. The fraction of sp³-hybridized carbons (Fsp3) is 0.467. The molecule has 3 aliphatic rings. The van der Waals surface area contributed by atoms with Gasteiger partial charge < -0.3 is 33.9 Å². The first-order chi connectivity index (χ1) is 23.0. The van der Waals surface area contributed by atoms with E-state index in [9.17, 15) is 24.2 Å². The Labute approximate surface area is 274 Å². The van der Waals surface area contributed by atoms with E-state index in [4.69, 9.17) is 38.5 Å². The molecule has 0 radical (unpaired) electrons. The van der Waals surface area contributed by atoms with Gasteiger partial charge in [-0.25, -0.2) is 14.1 Å². The molecule has 0 amide bonds. The number of hydrogen-bond donors (Lipinski definition) is 2. The van der Waals surface area contributed by atoms with E-state index >= 15 is 0 Å². The zero-order valence-corrected chi connectivity index (χ0v) is 27.0. The van der Waals surface area contributed by atoms with E-state index in [-0.39, 0.29) is 37.6 Å².